The number of benzene rings is 1. The standard InChI is InChI=1S/C18H26N4O4S/c1-18(9-7-16(23)20-18)12-19-17(24)22-10-8-14-13(11-22)5-4-6-15(14)27(25,26)21(2)3/h4-6H,7-12H2,1-3H3,(H,19,24)(H,20,23)/t18-/m0/s1. The lowest BCUT2D eigenvalue weighted by atomic mass is 9.99. The minimum atomic E-state index is -3.52. The Morgan fingerprint density at radius 1 is 1.33 bits per heavy atom. The molecule has 2 heterocycles. The molecule has 0 radical (unpaired) electrons. The van der Waals surface area contributed by atoms with Crippen LogP contribution < -0.4 is 10.6 Å². The summed E-state index contributed by atoms with van der Waals surface area (Å²) in [5.41, 5.74) is 1.22. The first-order chi connectivity index (χ1) is 12.6. The molecular formula is C18H26N4O4S. The van der Waals surface area contributed by atoms with E-state index in [1.807, 2.05) is 13.0 Å². The van der Waals surface area contributed by atoms with E-state index in [4.69, 9.17) is 0 Å². The maximum atomic E-state index is 12.6. The third-order valence-corrected chi connectivity index (χ3v) is 7.14. The number of sulfonamides is 1. The lowest BCUT2D eigenvalue weighted by Gasteiger charge is -2.32. The van der Waals surface area contributed by atoms with Crippen LogP contribution >= 0.6 is 0 Å². The molecule has 1 aromatic rings. The number of urea groups is 1. The highest BCUT2D eigenvalue weighted by atomic mass is 32.2. The van der Waals surface area contributed by atoms with Crippen molar-refractivity contribution in [1.82, 2.24) is 19.8 Å². The summed E-state index contributed by atoms with van der Waals surface area (Å²) in [7, 11) is -0.490. The van der Waals surface area contributed by atoms with Crippen molar-refractivity contribution in [1.29, 1.82) is 0 Å². The fraction of sp³-hybridized carbons (Fsp3) is 0.556. The molecule has 9 heteroatoms. The number of fused-ring (bicyclic) bond motifs is 1. The molecule has 0 aliphatic carbocycles. The molecule has 2 aliphatic heterocycles. The van der Waals surface area contributed by atoms with E-state index in [-0.39, 0.29) is 11.9 Å². The Balaban J connectivity index is 1.70. The molecule has 0 saturated carbocycles. The highest BCUT2D eigenvalue weighted by molar-refractivity contribution is 7.89. The molecule has 1 fully saturated rings. The summed E-state index contributed by atoms with van der Waals surface area (Å²) in [6.45, 7) is 3.10. The minimum absolute atomic E-state index is 0.00767. The first kappa shape index (κ1) is 19.6. The van der Waals surface area contributed by atoms with Crippen molar-refractivity contribution in [3.63, 3.8) is 0 Å². The number of nitrogens with zero attached hydrogens (tertiary/aromatic N) is 2. The monoisotopic (exact) mass is 394 g/mol. The van der Waals surface area contributed by atoms with Gasteiger partial charge in [0.15, 0.2) is 0 Å². The Morgan fingerprint density at radius 2 is 2.07 bits per heavy atom. The zero-order chi connectivity index (χ0) is 19.8. The van der Waals surface area contributed by atoms with Crippen LogP contribution in [-0.4, -0.2) is 62.3 Å². The molecular weight excluding hydrogens is 368 g/mol. The zero-order valence-electron chi connectivity index (χ0n) is 15.9. The van der Waals surface area contributed by atoms with Crippen molar-refractivity contribution >= 4 is 22.0 Å². The van der Waals surface area contributed by atoms with E-state index in [9.17, 15) is 18.0 Å². The van der Waals surface area contributed by atoms with Gasteiger partial charge in [0.05, 0.1) is 10.4 Å². The summed E-state index contributed by atoms with van der Waals surface area (Å²) in [6.07, 6.45) is 1.66. The molecule has 1 aromatic carbocycles. The Kier molecular flexibility index (Phi) is 5.18. The first-order valence-electron chi connectivity index (χ1n) is 8.99. The van der Waals surface area contributed by atoms with Crippen molar-refractivity contribution in [2.45, 2.75) is 43.2 Å². The summed E-state index contributed by atoms with van der Waals surface area (Å²) in [6, 6.07) is 4.99. The van der Waals surface area contributed by atoms with Crippen LogP contribution in [0.25, 0.3) is 0 Å². The second-order valence-electron chi connectivity index (χ2n) is 7.62. The highest BCUT2D eigenvalue weighted by Crippen LogP contribution is 2.27. The molecule has 27 heavy (non-hydrogen) atoms. The van der Waals surface area contributed by atoms with Gasteiger partial charge in [0, 0.05) is 40.2 Å². The van der Waals surface area contributed by atoms with Crippen molar-refractivity contribution < 1.29 is 18.0 Å². The van der Waals surface area contributed by atoms with E-state index in [1.165, 1.54) is 18.4 Å². The van der Waals surface area contributed by atoms with Crippen molar-refractivity contribution in [3.8, 4) is 0 Å². The molecule has 0 aromatic heterocycles. The molecule has 148 valence electrons. The Hall–Kier alpha value is -2.13. The number of carbonyl (C=O) groups is 2. The lowest BCUT2D eigenvalue weighted by molar-refractivity contribution is -0.119. The fourth-order valence-corrected chi connectivity index (χ4v) is 4.74. The second-order valence-corrected chi connectivity index (χ2v) is 9.74. The largest absolute Gasteiger partial charge is 0.349 e. The van der Waals surface area contributed by atoms with Crippen molar-refractivity contribution in [2.75, 3.05) is 27.2 Å². The van der Waals surface area contributed by atoms with Gasteiger partial charge in [-0.15, -0.1) is 0 Å². The second kappa shape index (κ2) is 7.12. The summed E-state index contributed by atoms with van der Waals surface area (Å²) >= 11 is 0. The molecule has 8 nitrogen and oxygen atoms in total. The first-order valence-corrected chi connectivity index (χ1v) is 10.4. The average Bonchev–Trinajstić information content (AvgIpc) is 2.97. The van der Waals surface area contributed by atoms with E-state index in [0.29, 0.717) is 43.8 Å². The normalized spacial score (nSPS) is 22.5. The van der Waals surface area contributed by atoms with Gasteiger partial charge in [-0.05, 0) is 37.0 Å². The van der Waals surface area contributed by atoms with Crippen LogP contribution in [0.2, 0.25) is 0 Å². The summed E-state index contributed by atoms with van der Waals surface area (Å²) in [4.78, 5) is 26.0. The minimum Gasteiger partial charge on any atom is -0.349 e. The molecule has 0 bridgehead atoms. The van der Waals surface area contributed by atoms with Crippen LogP contribution in [0.15, 0.2) is 23.1 Å². The van der Waals surface area contributed by atoms with Crippen LogP contribution in [0.3, 0.4) is 0 Å². The predicted octanol–water partition coefficient (Wildman–Crippen LogP) is 0.673. The third kappa shape index (κ3) is 3.93. The van der Waals surface area contributed by atoms with Crippen LogP contribution in [0.4, 0.5) is 4.79 Å². The van der Waals surface area contributed by atoms with Crippen LogP contribution in [-0.2, 0) is 27.8 Å². The molecule has 2 N–H and O–H groups in total. The zero-order valence-corrected chi connectivity index (χ0v) is 16.7. The van der Waals surface area contributed by atoms with Gasteiger partial charge >= 0.3 is 6.03 Å². The predicted molar refractivity (Wildman–Crippen MR) is 101 cm³/mol. The van der Waals surface area contributed by atoms with E-state index >= 15 is 0 Å². The smallest absolute Gasteiger partial charge is 0.317 e. The Bertz CT molecular complexity index is 868. The maximum absolute atomic E-state index is 12.6. The Labute approximate surface area is 160 Å². The molecule has 3 amide bonds. The molecule has 1 saturated heterocycles. The maximum Gasteiger partial charge on any atom is 0.317 e. The average molecular weight is 394 g/mol. The SMILES string of the molecule is CN(C)S(=O)(=O)c1cccc2c1CCN(C(=O)NC[C@]1(C)CCC(=O)N1)C2. The number of hydrogen-bond donors (Lipinski definition) is 2. The van der Waals surface area contributed by atoms with E-state index in [2.05, 4.69) is 10.6 Å². The quantitative estimate of drug-likeness (QED) is 0.784. The van der Waals surface area contributed by atoms with Gasteiger partial charge in [-0.25, -0.2) is 17.5 Å². The third-order valence-electron chi connectivity index (χ3n) is 5.24. The van der Waals surface area contributed by atoms with E-state index in [0.717, 1.165) is 11.1 Å². The number of amides is 3. The molecule has 3 rings (SSSR count). The fourth-order valence-electron chi connectivity index (χ4n) is 3.55. The van der Waals surface area contributed by atoms with Gasteiger partial charge in [0.1, 0.15) is 0 Å². The van der Waals surface area contributed by atoms with E-state index < -0.39 is 15.6 Å². The van der Waals surface area contributed by atoms with Gasteiger partial charge in [0.2, 0.25) is 15.9 Å². The van der Waals surface area contributed by atoms with Gasteiger partial charge in [-0.1, -0.05) is 12.1 Å². The van der Waals surface area contributed by atoms with Gasteiger partial charge < -0.3 is 15.5 Å². The topological polar surface area (TPSA) is 98.8 Å². The molecule has 1 atom stereocenters. The highest BCUT2D eigenvalue weighted by Gasteiger charge is 2.34. The van der Waals surface area contributed by atoms with Crippen LogP contribution in [0, 0.1) is 0 Å². The molecule has 0 spiro atoms. The van der Waals surface area contributed by atoms with Gasteiger partial charge in [-0.3, -0.25) is 4.79 Å². The molecule has 0 unspecified atom stereocenters. The van der Waals surface area contributed by atoms with Gasteiger partial charge in [-0.2, -0.15) is 0 Å². The summed E-state index contributed by atoms with van der Waals surface area (Å²) in [5, 5.41) is 5.79. The van der Waals surface area contributed by atoms with Crippen LogP contribution in [0.5, 0.6) is 0 Å². The van der Waals surface area contributed by atoms with Crippen molar-refractivity contribution in [3.05, 3.63) is 29.3 Å². The number of hydrogen-bond acceptors (Lipinski definition) is 4. The molecule has 2 aliphatic rings. The van der Waals surface area contributed by atoms with Gasteiger partial charge in [0.25, 0.3) is 0 Å². The summed E-state index contributed by atoms with van der Waals surface area (Å²) < 4.78 is 26.3. The van der Waals surface area contributed by atoms with E-state index in [1.54, 1.807) is 17.0 Å². The van der Waals surface area contributed by atoms with Crippen LogP contribution in [0.1, 0.15) is 30.9 Å². The number of rotatable bonds is 4. The Morgan fingerprint density at radius 3 is 2.70 bits per heavy atom. The van der Waals surface area contributed by atoms with Crippen molar-refractivity contribution in [2.24, 2.45) is 0 Å². The number of nitrogens with one attached hydrogen (secondary N) is 2. The lowest BCUT2D eigenvalue weighted by Crippen LogP contribution is -2.52. The summed E-state index contributed by atoms with van der Waals surface area (Å²) in [5.74, 6) is 0.00767. The number of carbonyl (C=O) groups excluding carboxylic acids is 2.